The predicted octanol–water partition coefficient (Wildman–Crippen LogP) is 4.62. The quantitative estimate of drug-likeness (QED) is 0.705. The highest BCUT2D eigenvalue weighted by Crippen LogP contribution is 2.28. The Hall–Kier alpha value is -2.75. The molecule has 0 bridgehead atoms. The fraction of sp³-hybridized carbons (Fsp3) is 0.318. The fourth-order valence-electron chi connectivity index (χ4n) is 2.78. The van der Waals surface area contributed by atoms with E-state index in [0.717, 1.165) is 17.5 Å². The summed E-state index contributed by atoms with van der Waals surface area (Å²) in [5, 5.41) is 3.10. The van der Waals surface area contributed by atoms with Gasteiger partial charge in [0.05, 0.1) is 20.3 Å². The van der Waals surface area contributed by atoms with Crippen LogP contribution in [0.15, 0.2) is 54.6 Å². The first-order valence-corrected chi connectivity index (χ1v) is 8.79. The van der Waals surface area contributed by atoms with Gasteiger partial charge in [-0.1, -0.05) is 50.2 Å². The van der Waals surface area contributed by atoms with Gasteiger partial charge in [0.2, 0.25) is 5.91 Å². The summed E-state index contributed by atoms with van der Waals surface area (Å²) in [5.74, 6) is 1.66. The number of hydrogen-bond acceptors (Lipinski definition) is 3. The summed E-state index contributed by atoms with van der Waals surface area (Å²) >= 11 is 0. The maximum absolute atomic E-state index is 12.4. The van der Waals surface area contributed by atoms with Gasteiger partial charge in [-0.15, -0.1) is 0 Å². The van der Waals surface area contributed by atoms with E-state index < -0.39 is 0 Å². The van der Waals surface area contributed by atoms with Gasteiger partial charge < -0.3 is 14.8 Å². The highest BCUT2D eigenvalue weighted by Gasteiger charge is 2.14. The Morgan fingerprint density at radius 3 is 2.35 bits per heavy atom. The standard InChI is InChI=1S/C22H27NO3/c1-16(2)14-19(18-8-6-5-7-9-18)23-22(24)13-11-17-10-12-20(25-3)21(15-17)26-4/h5-13,15-16,19H,14H2,1-4H3,(H,23,24)/b13-11+/t19-/m1/s1. The third-order valence-electron chi connectivity index (χ3n) is 4.06. The maximum Gasteiger partial charge on any atom is 0.244 e. The lowest BCUT2D eigenvalue weighted by atomic mass is 9.97. The Labute approximate surface area is 155 Å². The van der Waals surface area contributed by atoms with Crippen LogP contribution in [-0.4, -0.2) is 20.1 Å². The zero-order chi connectivity index (χ0) is 18.9. The fourth-order valence-corrected chi connectivity index (χ4v) is 2.78. The lowest BCUT2D eigenvalue weighted by molar-refractivity contribution is -0.117. The minimum Gasteiger partial charge on any atom is -0.493 e. The summed E-state index contributed by atoms with van der Waals surface area (Å²) in [6.45, 7) is 4.31. The van der Waals surface area contributed by atoms with Gasteiger partial charge in [0.15, 0.2) is 11.5 Å². The molecular weight excluding hydrogens is 326 g/mol. The molecule has 4 nitrogen and oxygen atoms in total. The van der Waals surface area contributed by atoms with Crippen LogP contribution in [0.25, 0.3) is 6.08 Å². The van der Waals surface area contributed by atoms with Crippen LogP contribution < -0.4 is 14.8 Å². The SMILES string of the molecule is COc1ccc(/C=C/C(=O)N[C@H](CC(C)C)c2ccccc2)cc1OC. The Balaban J connectivity index is 2.09. The van der Waals surface area contributed by atoms with Crippen LogP contribution in [-0.2, 0) is 4.79 Å². The molecule has 0 spiro atoms. The molecule has 4 heteroatoms. The normalized spacial score (nSPS) is 12.2. The third kappa shape index (κ3) is 5.66. The summed E-state index contributed by atoms with van der Waals surface area (Å²) in [5.41, 5.74) is 1.99. The highest BCUT2D eigenvalue weighted by atomic mass is 16.5. The Morgan fingerprint density at radius 2 is 1.73 bits per heavy atom. The topological polar surface area (TPSA) is 47.6 Å². The molecule has 0 aliphatic heterocycles. The molecule has 1 amide bonds. The first-order chi connectivity index (χ1) is 12.5. The second-order valence-electron chi connectivity index (χ2n) is 6.55. The average molecular weight is 353 g/mol. The Bertz CT molecular complexity index is 738. The zero-order valence-corrected chi connectivity index (χ0v) is 15.9. The van der Waals surface area contributed by atoms with Crippen molar-refractivity contribution >= 4 is 12.0 Å². The summed E-state index contributed by atoms with van der Waals surface area (Å²) in [7, 11) is 3.19. The van der Waals surface area contributed by atoms with Gasteiger partial charge in [0.25, 0.3) is 0 Å². The molecular formula is C22H27NO3. The molecule has 1 N–H and O–H groups in total. The molecule has 0 fully saturated rings. The zero-order valence-electron chi connectivity index (χ0n) is 15.9. The first-order valence-electron chi connectivity index (χ1n) is 8.79. The van der Waals surface area contributed by atoms with Crippen LogP contribution in [0.4, 0.5) is 0 Å². The number of ether oxygens (including phenoxy) is 2. The van der Waals surface area contributed by atoms with E-state index in [-0.39, 0.29) is 11.9 Å². The van der Waals surface area contributed by atoms with Crippen LogP contribution in [0, 0.1) is 5.92 Å². The van der Waals surface area contributed by atoms with Crippen LogP contribution in [0.2, 0.25) is 0 Å². The van der Waals surface area contributed by atoms with Crippen LogP contribution in [0.1, 0.15) is 37.4 Å². The van der Waals surface area contributed by atoms with Crippen molar-refractivity contribution in [3.05, 3.63) is 65.7 Å². The molecule has 0 radical (unpaired) electrons. The number of methoxy groups -OCH3 is 2. The molecule has 2 rings (SSSR count). The van der Waals surface area contributed by atoms with Crippen molar-refractivity contribution < 1.29 is 14.3 Å². The van der Waals surface area contributed by atoms with Gasteiger partial charge >= 0.3 is 0 Å². The molecule has 1 atom stereocenters. The molecule has 0 unspecified atom stereocenters. The number of hydrogen-bond donors (Lipinski definition) is 1. The summed E-state index contributed by atoms with van der Waals surface area (Å²) in [6, 6.07) is 15.6. The van der Waals surface area contributed by atoms with Gasteiger partial charge in [0.1, 0.15) is 0 Å². The summed E-state index contributed by atoms with van der Waals surface area (Å²) in [6.07, 6.45) is 4.21. The van der Waals surface area contributed by atoms with E-state index >= 15 is 0 Å². The molecule has 0 saturated carbocycles. The minimum atomic E-state index is -0.116. The predicted molar refractivity (Wildman–Crippen MR) is 105 cm³/mol. The number of nitrogens with one attached hydrogen (secondary N) is 1. The van der Waals surface area contributed by atoms with E-state index in [0.29, 0.717) is 17.4 Å². The largest absolute Gasteiger partial charge is 0.493 e. The van der Waals surface area contributed by atoms with Gasteiger partial charge in [-0.3, -0.25) is 4.79 Å². The lowest BCUT2D eigenvalue weighted by Crippen LogP contribution is -2.27. The number of benzene rings is 2. The monoisotopic (exact) mass is 353 g/mol. The molecule has 26 heavy (non-hydrogen) atoms. The second-order valence-corrected chi connectivity index (χ2v) is 6.55. The third-order valence-corrected chi connectivity index (χ3v) is 4.06. The maximum atomic E-state index is 12.4. The Kier molecular flexibility index (Phi) is 7.27. The van der Waals surface area contributed by atoms with Gasteiger partial charge in [-0.05, 0) is 41.7 Å². The first kappa shape index (κ1) is 19.6. The smallest absolute Gasteiger partial charge is 0.244 e. The van der Waals surface area contributed by atoms with Gasteiger partial charge in [-0.25, -0.2) is 0 Å². The minimum absolute atomic E-state index is 0.00115. The van der Waals surface area contributed by atoms with Crippen LogP contribution in [0.3, 0.4) is 0 Å². The van der Waals surface area contributed by atoms with Crippen molar-refractivity contribution in [3.63, 3.8) is 0 Å². The summed E-state index contributed by atoms with van der Waals surface area (Å²) < 4.78 is 10.5. The molecule has 2 aromatic rings. The van der Waals surface area contributed by atoms with Crippen molar-refractivity contribution in [3.8, 4) is 11.5 Å². The van der Waals surface area contributed by atoms with Gasteiger partial charge in [-0.2, -0.15) is 0 Å². The molecule has 2 aromatic carbocycles. The Morgan fingerprint density at radius 1 is 1.04 bits per heavy atom. The van der Waals surface area contributed by atoms with Crippen molar-refractivity contribution in [2.75, 3.05) is 14.2 Å². The van der Waals surface area contributed by atoms with E-state index in [1.54, 1.807) is 26.4 Å². The van der Waals surface area contributed by atoms with Crippen molar-refractivity contribution in [2.24, 2.45) is 5.92 Å². The number of amides is 1. The highest BCUT2D eigenvalue weighted by molar-refractivity contribution is 5.92. The van der Waals surface area contributed by atoms with Gasteiger partial charge in [0, 0.05) is 6.08 Å². The van der Waals surface area contributed by atoms with Crippen molar-refractivity contribution in [1.29, 1.82) is 0 Å². The number of carbonyl (C=O) groups is 1. The number of carbonyl (C=O) groups excluding carboxylic acids is 1. The van der Waals surface area contributed by atoms with E-state index in [9.17, 15) is 4.79 Å². The van der Waals surface area contributed by atoms with Crippen LogP contribution >= 0.6 is 0 Å². The molecule has 0 aromatic heterocycles. The molecule has 0 heterocycles. The van der Waals surface area contributed by atoms with E-state index in [4.69, 9.17) is 9.47 Å². The lowest BCUT2D eigenvalue weighted by Gasteiger charge is -2.20. The molecule has 138 valence electrons. The molecule has 0 aliphatic rings. The second kappa shape index (κ2) is 9.66. The van der Waals surface area contributed by atoms with Crippen molar-refractivity contribution in [1.82, 2.24) is 5.32 Å². The summed E-state index contributed by atoms with van der Waals surface area (Å²) in [4.78, 5) is 12.4. The average Bonchev–Trinajstić information content (AvgIpc) is 2.66. The van der Waals surface area contributed by atoms with E-state index in [1.165, 1.54) is 0 Å². The molecule has 0 saturated heterocycles. The van der Waals surface area contributed by atoms with E-state index in [1.807, 2.05) is 48.5 Å². The van der Waals surface area contributed by atoms with E-state index in [2.05, 4.69) is 19.2 Å². The number of rotatable bonds is 8. The molecule has 0 aliphatic carbocycles. The van der Waals surface area contributed by atoms with Crippen molar-refractivity contribution in [2.45, 2.75) is 26.3 Å². The van der Waals surface area contributed by atoms with Crippen LogP contribution in [0.5, 0.6) is 11.5 Å².